The lowest BCUT2D eigenvalue weighted by Gasteiger charge is -2.26. The third-order valence-electron chi connectivity index (χ3n) is 6.08. The van der Waals surface area contributed by atoms with Crippen molar-refractivity contribution in [1.29, 1.82) is 0 Å². The zero-order valence-corrected chi connectivity index (χ0v) is 21.8. The largest absolute Gasteiger partial charge is 0.491 e. The normalized spacial score (nSPS) is 15.9. The van der Waals surface area contributed by atoms with Crippen molar-refractivity contribution < 1.29 is 23.7 Å². The van der Waals surface area contributed by atoms with Gasteiger partial charge in [-0.3, -0.25) is 9.47 Å². The molecule has 0 atom stereocenters. The quantitative estimate of drug-likeness (QED) is 0.400. The maximum Gasteiger partial charge on any atom is 0.443 e. The van der Waals surface area contributed by atoms with Crippen LogP contribution in [0.5, 0.6) is 17.4 Å². The van der Waals surface area contributed by atoms with E-state index in [0.717, 1.165) is 57.0 Å². The van der Waals surface area contributed by atoms with Crippen molar-refractivity contribution in [3.63, 3.8) is 0 Å². The second kappa shape index (κ2) is 11.8. The average molecular weight is 530 g/mol. The van der Waals surface area contributed by atoms with Gasteiger partial charge in [-0.05, 0) is 25.5 Å². The van der Waals surface area contributed by atoms with Gasteiger partial charge in [-0.2, -0.15) is 4.98 Å². The van der Waals surface area contributed by atoms with Crippen molar-refractivity contribution in [1.82, 2.24) is 19.4 Å². The number of morpholine rings is 1. The van der Waals surface area contributed by atoms with E-state index in [-0.39, 0.29) is 11.5 Å². The standard InChI is InChI=1S/C24H31N7O5S/c1-3-25-23-27-18(15-37-23)36-24(32)29-22-28-19-16(21-26-7-9-31(21)22)5-6-17(20(19)33-2)35-12-4-8-30-10-13-34-14-11-30/h5-6,15,26H,3-4,7-14H2,1-2H3,(H,25,27). The van der Waals surface area contributed by atoms with Gasteiger partial charge in [-0.15, -0.1) is 16.3 Å². The Hall–Kier alpha value is -3.42. The van der Waals surface area contributed by atoms with E-state index in [1.54, 1.807) is 12.5 Å². The number of carbonyl (C=O) groups is 1. The molecule has 0 aliphatic carbocycles. The number of fused-ring (bicyclic) bond motifs is 3. The summed E-state index contributed by atoms with van der Waals surface area (Å²) in [6.45, 7) is 8.97. The van der Waals surface area contributed by atoms with Crippen molar-refractivity contribution >= 4 is 39.3 Å². The smallest absolute Gasteiger partial charge is 0.443 e. The van der Waals surface area contributed by atoms with Crippen LogP contribution in [0.25, 0.3) is 10.9 Å². The summed E-state index contributed by atoms with van der Waals surface area (Å²) in [7, 11) is 1.58. The van der Waals surface area contributed by atoms with Crippen molar-refractivity contribution in [2.75, 3.05) is 70.3 Å². The first kappa shape index (κ1) is 25.2. The molecular weight excluding hydrogens is 498 g/mol. The van der Waals surface area contributed by atoms with Crippen LogP contribution >= 0.6 is 11.3 Å². The number of carbonyl (C=O) groups excluding carboxylic acids is 1. The Morgan fingerprint density at radius 2 is 2.14 bits per heavy atom. The number of rotatable bonds is 9. The Labute approximate surface area is 218 Å². The minimum absolute atomic E-state index is 0.195. The molecule has 0 unspecified atom stereocenters. The molecule has 1 amide bonds. The van der Waals surface area contributed by atoms with Gasteiger partial charge in [-0.25, -0.2) is 9.78 Å². The number of hydrogen-bond acceptors (Lipinski definition) is 11. The average Bonchev–Trinajstić information content (AvgIpc) is 3.57. The predicted molar refractivity (Wildman–Crippen MR) is 140 cm³/mol. The molecule has 2 N–H and O–H groups in total. The van der Waals surface area contributed by atoms with Gasteiger partial charge in [0.05, 0.1) is 32.3 Å². The molecule has 37 heavy (non-hydrogen) atoms. The van der Waals surface area contributed by atoms with Crippen molar-refractivity contribution in [3.05, 3.63) is 23.1 Å². The second-order valence-electron chi connectivity index (χ2n) is 8.49. The second-order valence-corrected chi connectivity index (χ2v) is 9.35. The summed E-state index contributed by atoms with van der Waals surface area (Å²) in [6, 6.07) is 3.85. The molecule has 198 valence electrons. The number of thiazole rings is 1. The van der Waals surface area contributed by atoms with E-state index in [4.69, 9.17) is 23.9 Å². The van der Waals surface area contributed by atoms with Crippen LogP contribution in [0.3, 0.4) is 0 Å². The summed E-state index contributed by atoms with van der Waals surface area (Å²) in [5.41, 5.74) is 0.783. The monoisotopic (exact) mass is 529 g/mol. The number of methoxy groups -OCH3 is 1. The molecule has 1 fully saturated rings. The zero-order chi connectivity index (χ0) is 25.6. The van der Waals surface area contributed by atoms with E-state index in [0.29, 0.717) is 41.8 Å². The highest BCUT2D eigenvalue weighted by molar-refractivity contribution is 7.13. The van der Waals surface area contributed by atoms with E-state index in [2.05, 4.69) is 25.5 Å². The van der Waals surface area contributed by atoms with Gasteiger partial charge in [0.25, 0.3) is 0 Å². The van der Waals surface area contributed by atoms with Crippen LogP contribution in [0.1, 0.15) is 13.3 Å². The lowest BCUT2D eigenvalue weighted by Crippen LogP contribution is -2.37. The van der Waals surface area contributed by atoms with E-state index in [1.807, 2.05) is 23.6 Å². The van der Waals surface area contributed by atoms with Crippen LogP contribution in [0.4, 0.5) is 15.7 Å². The highest BCUT2D eigenvalue weighted by Crippen LogP contribution is 2.37. The number of hydrogen-bond donors (Lipinski definition) is 2. The van der Waals surface area contributed by atoms with Crippen LogP contribution in [-0.4, -0.2) is 85.2 Å². The number of amides is 1. The van der Waals surface area contributed by atoms with Crippen LogP contribution in [0.2, 0.25) is 0 Å². The molecule has 1 aromatic carbocycles. The molecule has 0 radical (unpaired) electrons. The van der Waals surface area contributed by atoms with Crippen molar-refractivity contribution in [2.24, 2.45) is 4.99 Å². The van der Waals surface area contributed by atoms with Crippen molar-refractivity contribution in [2.45, 2.75) is 19.9 Å². The van der Waals surface area contributed by atoms with Gasteiger partial charge in [0.2, 0.25) is 11.5 Å². The highest BCUT2D eigenvalue weighted by atomic mass is 32.1. The van der Waals surface area contributed by atoms with Crippen LogP contribution in [0, 0.1) is 0 Å². The minimum atomic E-state index is -0.795. The maximum atomic E-state index is 12.6. The molecule has 13 heteroatoms. The Balaban J connectivity index is 1.38. The van der Waals surface area contributed by atoms with Gasteiger partial charge in [0, 0.05) is 44.7 Å². The number of nitrogens with zero attached hydrogens (tertiary/aromatic N) is 5. The molecule has 4 heterocycles. The van der Waals surface area contributed by atoms with Crippen LogP contribution in [-0.2, 0) is 11.3 Å². The fourth-order valence-corrected chi connectivity index (χ4v) is 5.06. The minimum Gasteiger partial charge on any atom is -0.491 e. The van der Waals surface area contributed by atoms with Crippen LogP contribution in [0.15, 0.2) is 22.5 Å². The summed E-state index contributed by atoms with van der Waals surface area (Å²) in [5.74, 6) is 2.11. The Kier molecular flexibility index (Phi) is 8.02. The molecule has 2 aliphatic heterocycles. The first-order chi connectivity index (χ1) is 18.2. The molecule has 0 saturated carbocycles. The fraction of sp³-hybridized carbons (Fsp3) is 0.500. The molecule has 0 spiro atoms. The molecular formula is C24H31N7O5S. The SMILES string of the molecule is CCNc1nc(OC(=O)N=c2nc3c(OC)c(OCCCN4CCOCC4)ccc3c3n2CCN3)cs1. The molecule has 3 aromatic rings. The molecule has 5 rings (SSSR count). The van der Waals surface area contributed by atoms with Crippen LogP contribution < -0.4 is 30.5 Å². The number of nitrogens with one attached hydrogen (secondary N) is 2. The lowest BCUT2D eigenvalue weighted by atomic mass is 10.2. The van der Waals surface area contributed by atoms with Gasteiger partial charge in [-0.1, -0.05) is 0 Å². The van der Waals surface area contributed by atoms with Gasteiger partial charge >= 0.3 is 6.09 Å². The first-order valence-electron chi connectivity index (χ1n) is 12.4. The Morgan fingerprint density at radius 1 is 1.27 bits per heavy atom. The predicted octanol–water partition coefficient (Wildman–Crippen LogP) is 2.56. The number of aromatic nitrogens is 3. The summed E-state index contributed by atoms with van der Waals surface area (Å²) >= 11 is 1.36. The summed E-state index contributed by atoms with van der Waals surface area (Å²) in [5, 5.41) is 9.64. The van der Waals surface area contributed by atoms with Gasteiger partial charge in [0.15, 0.2) is 16.6 Å². The molecule has 1 saturated heterocycles. The maximum absolute atomic E-state index is 12.6. The van der Waals surface area contributed by atoms with Gasteiger partial charge < -0.3 is 29.6 Å². The van der Waals surface area contributed by atoms with E-state index < -0.39 is 6.09 Å². The topological polar surface area (TPSA) is 124 Å². The fourth-order valence-electron chi connectivity index (χ4n) is 4.37. The molecule has 0 bridgehead atoms. The summed E-state index contributed by atoms with van der Waals surface area (Å²) in [6.07, 6.45) is 0.0886. The Bertz CT molecular complexity index is 1320. The molecule has 12 nitrogen and oxygen atoms in total. The number of anilines is 2. The number of ether oxygens (including phenoxy) is 4. The van der Waals surface area contributed by atoms with E-state index in [1.165, 1.54) is 11.3 Å². The highest BCUT2D eigenvalue weighted by Gasteiger charge is 2.21. The third-order valence-corrected chi connectivity index (χ3v) is 6.86. The van der Waals surface area contributed by atoms with Crippen molar-refractivity contribution in [3.8, 4) is 17.4 Å². The molecule has 2 aromatic heterocycles. The van der Waals surface area contributed by atoms with Gasteiger partial charge in [0.1, 0.15) is 11.3 Å². The lowest BCUT2D eigenvalue weighted by molar-refractivity contribution is 0.0357. The zero-order valence-electron chi connectivity index (χ0n) is 21.0. The first-order valence-corrected chi connectivity index (χ1v) is 13.3. The summed E-state index contributed by atoms with van der Waals surface area (Å²) in [4.78, 5) is 28.1. The molecule has 2 aliphatic rings. The van der Waals surface area contributed by atoms with E-state index >= 15 is 0 Å². The number of benzene rings is 1. The third kappa shape index (κ3) is 5.78. The van der Waals surface area contributed by atoms with E-state index in [9.17, 15) is 4.79 Å². The Morgan fingerprint density at radius 3 is 2.95 bits per heavy atom. The summed E-state index contributed by atoms with van der Waals surface area (Å²) < 4.78 is 24.4.